The third kappa shape index (κ3) is 6.93. The summed E-state index contributed by atoms with van der Waals surface area (Å²) in [5, 5.41) is 11.8. The number of nitrogens with one attached hydrogen (secondary N) is 1. The average molecular weight is 291 g/mol. The molecule has 0 bridgehead atoms. The van der Waals surface area contributed by atoms with E-state index in [0.29, 0.717) is 6.42 Å². The maximum absolute atomic E-state index is 12.1. The number of hydrogen-bond donors (Lipinski definition) is 2. The van der Waals surface area contributed by atoms with Gasteiger partial charge in [-0.05, 0) is 29.9 Å². The van der Waals surface area contributed by atoms with Gasteiger partial charge in [-0.15, -0.1) is 0 Å². The van der Waals surface area contributed by atoms with Crippen molar-refractivity contribution in [3.8, 4) is 0 Å². The van der Waals surface area contributed by atoms with Crippen molar-refractivity contribution in [3.05, 3.63) is 35.4 Å². The lowest BCUT2D eigenvalue weighted by Crippen LogP contribution is -2.39. The van der Waals surface area contributed by atoms with Gasteiger partial charge in [0.05, 0.1) is 12.8 Å². The third-order valence-corrected chi connectivity index (χ3v) is 3.26. The molecule has 1 rings (SSSR count). The number of rotatable bonds is 6. The Morgan fingerprint density at radius 1 is 1.24 bits per heavy atom. The molecule has 4 heteroatoms. The van der Waals surface area contributed by atoms with E-state index in [2.05, 4.69) is 5.32 Å². The number of amides is 1. The van der Waals surface area contributed by atoms with Crippen LogP contribution in [-0.2, 0) is 16.0 Å². The first kappa shape index (κ1) is 17.2. The van der Waals surface area contributed by atoms with Gasteiger partial charge >= 0.3 is 5.97 Å². The van der Waals surface area contributed by atoms with Gasteiger partial charge in [-0.2, -0.15) is 0 Å². The Hall–Kier alpha value is -1.84. The van der Waals surface area contributed by atoms with Gasteiger partial charge < -0.3 is 10.4 Å². The number of aliphatic carboxylic acids is 1. The van der Waals surface area contributed by atoms with Gasteiger partial charge in [0.2, 0.25) is 5.91 Å². The number of carbonyl (C=O) groups is 2. The summed E-state index contributed by atoms with van der Waals surface area (Å²) in [5.41, 5.74) is 2.01. The lowest BCUT2D eigenvalue weighted by atomic mass is 9.87. The van der Waals surface area contributed by atoms with Crippen LogP contribution in [0.3, 0.4) is 0 Å². The van der Waals surface area contributed by atoms with E-state index in [4.69, 9.17) is 5.11 Å². The molecule has 0 aromatic heterocycles. The van der Waals surface area contributed by atoms with Crippen molar-refractivity contribution in [3.63, 3.8) is 0 Å². The van der Waals surface area contributed by atoms with E-state index >= 15 is 0 Å². The number of benzene rings is 1. The summed E-state index contributed by atoms with van der Waals surface area (Å²) < 4.78 is 0. The molecule has 116 valence electrons. The molecule has 1 amide bonds. The van der Waals surface area contributed by atoms with Gasteiger partial charge in [-0.1, -0.05) is 45.0 Å². The Morgan fingerprint density at radius 2 is 1.86 bits per heavy atom. The quantitative estimate of drug-likeness (QED) is 0.847. The molecular formula is C17H25NO3. The molecule has 0 fully saturated rings. The summed E-state index contributed by atoms with van der Waals surface area (Å²) in [6.45, 7) is 8.08. The maximum Gasteiger partial charge on any atom is 0.305 e. The van der Waals surface area contributed by atoms with Crippen LogP contribution in [0.5, 0.6) is 0 Å². The average Bonchev–Trinajstić information content (AvgIpc) is 2.28. The first-order valence-electron chi connectivity index (χ1n) is 7.23. The molecule has 0 heterocycles. The molecule has 0 saturated heterocycles. The van der Waals surface area contributed by atoms with Crippen LogP contribution >= 0.6 is 0 Å². The molecule has 4 nitrogen and oxygen atoms in total. The summed E-state index contributed by atoms with van der Waals surface area (Å²) in [7, 11) is 0. The Morgan fingerprint density at radius 3 is 2.38 bits per heavy atom. The minimum absolute atomic E-state index is 0.0317. The van der Waals surface area contributed by atoms with Crippen molar-refractivity contribution in [1.82, 2.24) is 5.32 Å². The van der Waals surface area contributed by atoms with Crippen LogP contribution in [-0.4, -0.2) is 23.0 Å². The smallest absolute Gasteiger partial charge is 0.305 e. The molecule has 1 aromatic rings. The molecule has 1 aromatic carbocycles. The normalized spacial score (nSPS) is 12.8. The first-order chi connectivity index (χ1) is 9.67. The SMILES string of the molecule is Cc1ccccc1CC(=O)NC(CC(=O)O)CC(C)(C)C. The monoisotopic (exact) mass is 291 g/mol. The van der Waals surface area contributed by atoms with Crippen molar-refractivity contribution in [2.24, 2.45) is 5.41 Å². The van der Waals surface area contributed by atoms with Gasteiger partial charge in [0.1, 0.15) is 0 Å². The number of hydrogen-bond acceptors (Lipinski definition) is 2. The summed E-state index contributed by atoms with van der Waals surface area (Å²) in [6, 6.07) is 7.39. The van der Waals surface area contributed by atoms with Crippen molar-refractivity contribution < 1.29 is 14.7 Å². The fraction of sp³-hybridized carbons (Fsp3) is 0.529. The molecule has 1 atom stereocenters. The largest absolute Gasteiger partial charge is 0.481 e. The van der Waals surface area contributed by atoms with Crippen LogP contribution in [0.25, 0.3) is 0 Å². The third-order valence-electron chi connectivity index (χ3n) is 3.26. The highest BCUT2D eigenvalue weighted by atomic mass is 16.4. The Labute approximate surface area is 126 Å². The van der Waals surface area contributed by atoms with Crippen molar-refractivity contribution >= 4 is 11.9 Å². The second kappa shape index (κ2) is 7.25. The summed E-state index contributed by atoms with van der Waals surface area (Å²) in [6.07, 6.45) is 0.878. The van der Waals surface area contributed by atoms with Crippen LogP contribution in [0, 0.1) is 12.3 Å². The molecule has 1 unspecified atom stereocenters. The van der Waals surface area contributed by atoms with Gasteiger partial charge in [0.15, 0.2) is 0 Å². The van der Waals surface area contributed by atoms with E-state index < -0.39 is 5.97 Å². The van der Waals surface area contributed by atoms with Gasteiger partial charge in [-0.25, -0.2) is 0 Å². The summed E-state index contributed by atoms with van der Waals surface area (Å²) >= 11 is 0. The highest BCUT2D eigenvalue weighted by molar-refractivity contribution is 5.80. The first-order valence-corrected chi connectivity index (χ1v) is 7.23. The van der Waals surface area contributed by atoms with Gasteiger partial charge in [0, 0.05) is 6.04 Å². The lowest BCUT2D eigenvalue weighted by Gasteiger charge is -2.26. The predicted molar refractivity (Wildman–Crippen MR) is 83.1 cm³/mol. The minimum Gasteiger partial charge on any atom is -0.481 e. The Bertz CT molecular complexity index is 503. The molecule has 0 aliphatic carbocycles. The van der Waals surface area contributed by atoms with Crippen molar-refractivity contribution in [2.75, 3.05) is 0 Å². The fourth-order valence-corrected chi connectivity index (χ4v) is 2.38. The van der Waals surface area contributed by atoms with E-state index in [-0.39, 0.29) is 30.2 Å². The number of carbonyl (C=O) groups excluding carboxylic acids is 1. The van der Waals surface area contributed by atoms with E-state index in [1.165, 1.54) is 0 Å². The molecule has 0 aliphatic heterocycles. The Kier molecular flexibility index (Phi) is 5.94. The maximum atomic E-state index is 12.1. The van der Waals surface area contributed by atoms with Gasteiger partial charge in [0.25, 0.3) is 0 Å². The zero-order valence-corrected chi connectivity index (χ0v) is 13.3. The molecule has 0 saturated carbocycles. The molecular weight excluding hydrogens is 266 g/mol. The number of carboxylic acids is 1. The van der Waals surface area contributed by atoms with Gasteiger partial charge in [-0.3, -0.25) is 9.59 Å². The van der Waals surface area contributed by atoms with Crippen LogP contribution in [0.4, 0.5) is 0 Å². The number of carboxylic acid groups (broad SMARTS) is 1. The summed E-state index contributed by atoms with van der Waals surface area (Å²) in [5.74, 6) is -1.01. The zero-order valence-electron chi connectivity index (χ0n) is 13.3. The van der Waals surface area contributed by atoms with Crippen molar-refractivity contribution in [1.29, 1.82) is 0 Å². The van der Waals surface area contributed by atoms with E-state index in [1.54, 1.807) is 0 Å². The van der Waals surface area contributed by atoms with E-state index in [9.17, 15) is 9.59 Å². The van der Waals surface area contributed by atoms with Crippen molar-refractivity contribution in [2.45, 2.75) is 53.0 Å². The highest BCUT2D eigenvalue weighted by Crippen LogP contribution is 2.22. The van der Waals surface area contributed by atoms with E-state index in [1.807, 2.05) is 52.0 Å². The van der Waals surface area contributed by atoms with Crippen LogP contribution < -0.4 is 5.32 Å². The van der Waals surface area contributed by atoms with E-state index in [0.717, 1.165) is 11.1 Å². The van der Waals surface area contributed by atoms with Crippen LogP contribution in [0.15, 0.2) is 24.3 Å². The molecule has 21 heavy (non-hydrogen) atoms. The van der Waals surface area contributed by atoms with Crippen LogP contribution in [0.1, 0.15) is 44.7 Å². The zero-order chi connectivity index (χ0) is 16.0. The predicted octanol–water partition coefficient (Wildman–Crippen LogP) is 2.93. The standard InChI is InChI=1S/C17H25NO3/c1-12-7-5-6-8-13(12)9-15(19)18-14(10-16(20)21)11-17(2,3)4/h5-8,14H,9-11H2,1-4H3,(H,18,19)(H,20,21). The molecule has 0 spiro atoms. The molecule has 0 aliphatic rings. The number of aryl methyl sites for hydroxylation is 1. The Balaban J connectivity index is 2.67. The molecule has 0 radical (unpaired) electrons. The fourth-order valence-electron chi connectivity index (χ4n) is 2.38. The topological polar surface area (TPSA) is 66.4 Å². The lowest BCUT2D eigenvalue weighted by molar-refractivity contribution is -0.137. The van der Waals surface area contributed by atoms with Crippen LogP contribution in [0.2, 0.25) is 0 Å². The molecule has 2 N–H and O–H groups in total. The minimum atomic E-state index is -0.888. The second-order valence-electron chi connectivity index (χ2n) is 6.73. The summed E-state index contributed by atoms with van der Waals surface area (Å²) in [4.78, 5) is 23.1. The second-order valence-corrected chi connectivity index (χ2v) is 6.73. The highest BCUT2D eigenvalue weighted by Gasteiger charge is 2.22.